The van der Waals surface area contributed by atoms with E-state index in [1.54, 1.807) is 18.2 Å². The highest BCUT2D eigenvalue weighted by Gasteiger charge is 2.12. The number of hydrogen-bond donors (Lipinski definition) is 1. The molecular weight excluding hydrogens is 382 g/mol. The second-order valence-electron chi connectivity index (χ2n) is 5.89. The number of nitrogens with zero attached hydrogens (tertiary/aromatic N) is 4. The largest absolute Gasteiger partial charge is 0.421 e. The van der Waals surface area contributed by atoms with Crippen molar-refractivity contribution >= 4 is 39.7 Å². The summed E-state index contributed by atoms with van der Waals surface area (Å²) in [7, 11) is 0. The van der Waals surface area contributed by atoms with Gasteiger partial charge in [-0.05, 0) is 29.6 Å². The van der Waals surface area contributed by atoms with Crippen molar-refractivity contribution in [2.24, 2.45) is 0 Å². The van der Waals surface area contributed by atoms with E-state index in [0.717, 1.165) is 5.56 Å². The fourth-order valence-electron chi connectivity index (χ4n) is 2.58. The van der Waals surface area contributed by atoms with Gasteiger partial charge in [0.15, 0.2) is 0 Å². The molecule has 0 saturated heterocycles. The van der Waals surface area contributed by atoms with Gasteiger partial charge >= 0.3 is 0 Å². The standard InChI is InChI=1S/C18H13N5O4S/c24-16(5-6-17-21-22-18(27-17)12-7-8-28-10-12)20-15-4-1-11-9-13(23(25)26)2-3-14(11)19-15/h1-4,7-10H,5-6H2,(H,19,20,24). The molecule has 0 aliphatic heterocycles. The van der Waals surface area contributed by atoms with Crippen molar-refractivity contribution in [1.29, 1.82) is 0 Å². The first kappa shape index (κ1) is 17.7. The molecule has 0 aliphatic rings. The zero-order valence-electron chi connectivity index (χ0n) is 14.4. The molecule has 9 nitrogen and oxygen atoms in total. The van der Waals surface area contributed by atoms with E-state index >= 15 is 0 Å². The van der Waals surface area contributed by atoms with Crippen LogP contribution in [0.2, 0.25) is 0 Å². The van der Waals surface area contributed by atoms with E-state index in [9.17, 15) is 14.9 Å². The molecule has 1 N–H and O–H groups in total. The third-order valence-electron chi connectivity index (χ3n) is 3.95. The van der Waals surface area contributed by atoms with E-state index in [1.165, 1.54) is 23.5 Å². The highest BCUT2D eigenvalue weighted by Crippen LogP contribution is 2.22. The maximum absolute atomic E-state index is 12.2. The molecule has 0 saturated carbocycles. The second-order valence-corrected chi connectivity index (χ2v) is 6.67. The van der Waals surface area contributed by atoms with Crippen LogP contribution in [0, 0.1) is 10.1 Å². The number of aryl methyl sites for hydroxylation is 1. The Hall–Kier alpha value is -3.66. The van der Waals surface area contributed by atoms with E-state index in [-0.39, 0.29) is 18.0 Å². The van der Waals surface area contributed by atoms with Crippen molar-refractivity contribution in [3.05, 3.63) is 63.2 Å². The number of thiophene rings is 1. The van der Waals surface area contributed by atoms with Gasteiger partial charge in [0, 0.05) is 41.3 Å². The number of amides is 1. The van der Waals surface area contributed by atoms with Gasteiger partial charge in [0.1, 0.15) is 5.82 Å². The summed E-state index contributed by atoms with van der Waals surface area (Å²) in [5, 5.41) is 25.9. The molecule has 0 atom stereocenters. The van der Waals surface area contributed by atoms with Gasteiger partial charge in [0.2, 0.25) is 17.7 Å². The summed E-state index contributed by atoms with van der Waals surface area (Å²) in [6.07, 6.45) is 0.466. The Bertz CT molecular complexity index is 1160. The third-order valence-corrected chi connectivity index (χ3v) is 4.64. The number of hydrogen-bond acceptors (Lipinski definition) is 8. The minimum Gasteiger partial charge on any atom is -0.421 e. The Morgan fingerprint density at radius 2 is 2.11 bits per heavy atom. The summed E-state index contributed by atoms with van der Waals surface area (Å²) in [5.41, 5.74) is 1.40. The fraction of sp³-hybridized carbons (Fsp3) is 0.111. The van der Waals surface area contributed by atoms with Crippen LogP contribution < -0.4 is 5.32 Å². The number of aromatic nitrogens is 3. The Morgan fingerprint density at radius 1 is 1.21 bits per heavy atom. The van der Waals surface area contributed by atoms with Crippen molar-refractivity contribution in [1.82, 2.24) is 15.2 Å². The van der Waals surface area contributed by atoms with Crippen LogP contribution in [0.3, 0.4) is 0 Å². The quantitative estimate of drug-likeness (QED) is 0.388. The Labute approximate surface area is 162 Å². The van der Waals surface area contributed by atoms with Gasteiger partial charge < -0.3 is 9.73 Å². The van der Waals surface area contributed by atoms with Gasteiger partial charge in [0.05, 0.1) is 10.4 Å². The van der Waals surface area contributed by atoms with Crippen LogP contribution in [0.1, 0.15) is 12.3 Å². The van der Waals surface area contributed by atoms with Crippen LogP contribution in [0.5, 0.6) is 0 Å². The zero-order chi connectivity index (χ0) is 19.5. The second kappa shape index (κ2) is 7.53. The number of carbonyl (C=O) groups is 1. The number of nitrogens with one attached hydrogen (secondary N) is 1. The summed E-state index contributed by atoms with van der Waals surface area (Å²) in [4.78, 5) is 26.8. The summed E-state index contributed by atoms with van der Waals surface area (Å²) in [5.74, 6) is 0.942. The number of benzene rings is 1. The molecule has 0 radical (unpaired) electrons. The molecule has 3 aromatic heterocycles. The average Bonchev–Trinajstić information content (AvgIpc) is 3.37. The van der Waals surface area contributed by atoms with Gasteiger partial charge in [-0.3, -0.25) is 14.9 Å². The smallest absolute Gasteiger partial charge is 0.270 e. The lowest BCUT2D eigenvalue weighted by Gasteiger charge is -2.05. The number of rotatable bonds is 6. The van der Waals surface area contributed by atoms with Crippen LogP contribution >= 0.6 is 11.3 Å². The Kier molecular flexibility index (Phi) is 4.77. The first-order valence-corrected chi connectivity index (χ1v) is 9.23. The molecule has 1 amide bonds. The van der Waals surface area contributed by atoms with Crippen molar-refractivity contribution in [3.8, 4) is 11.5 Å². The monoisotopic (exact) mass is 395 g/mol. The number of pyridine rings is 1. The topological polar surface area (TPSA) is 124 Å². The van der Waals surface area contributed by atoms with Crippen LogP contribution in [0.15, 0.2) is 51.6 Å². The maximum atomic E-state index is 12.2. The summed E-state index contributed by atoms with van der Waals surface area (Å²) in [6, 6.07) is 9.53. The van der Waals surface area contributed by atoms with Crippen molar-refractivity contribution in [2.45, 2.75) is 12.8 Å². The highest BCUT2D eigenvalue weighted by atomic mass is 32.1. The molecule has 0 unspecified atom stereocenters. The predicted molar refractivity (Wildman–Crippen MR) is 103 cm³/mol. The number of nitro groups is 1. The Morgan fingerprint density at radius 3 is 2.89 bits per heavy atom. The van der Waals surface area contributed by atoms with Gasteiger partial charge in [-0.15, -0.1) is 10.2 Å². The third kappa shape index (κ3) is 3.86. The van der Waals surface area contributed by atoms with Crippen LogP contribution in [-0.2, 0) is 11.2 Å². The lowest BCUT2D eigenvalue weighted by molar-refractivity contribution is -0.384. The lowest BCUT2D eigenvalue weighted by Crippen LogP contribution is -2.13. The number of carbonyl (C=O) groups excluding carboxylic acids is 1. The Balaban J connectivity index is 1.38. The van der Waals surface area contributed by atoms with Gasteiger partial charge in [-0.1, -0.05) is 0 Å². The molecule has 0 spiro atoms. The van der Waals surface area contributed by atoms with Crippen molar-refractivity contribution in [2.75, 3.05) is 5.32 Å². The van der Waals surface area contributed by atoms with E-state index in [4.69, 9.17) is 4.42 Å². The normalized spacial score (nSPS) is 10.9. The van der Waals surface area contributed by atoms with E-state index < -0.39 is 4.92 Å². The molecule has 3 heterocycles. The summed E-state index contributed by atoms with van der Waals surface area (Å²) >= 11 is 1.53. The number of anilines is 1. The van der Waals surface area contributed by atoms with E-state index in [2.05, 4.69) is 20.5 Å². The molecule has 28 heavy (non-hydrogen) atoms. The van der Waals surface area contributed by atoms with Crippen LogP contribution in [0.4, 0.5) is 11.5 Å². The number of fused-ring (bicyclic) bond motifs is 1. The summed E-state index contributed by atoms with van der Waals surface area (Å²) in [6.45, 7) is 0. The minimum atomic E-state index is -0.462. The van der Waals surface area contributed by atoms with Crippen LogP contribution in [0.25, 0.3) is 22.4 Å². The van der Waals surface area contributed by atoms with Gasteiger partial charge in [-0.25, -0.2) is 4.98 Å². The van der Waals surface area contributed by atoms with Crippen molar-refractivity contribution in [3.63, 3.8) is 0 Å². The predicted octanol–water partition coefficient (Wildman–Crippen LogP) is 3.83. The molecule has 140 valence electrons. The highest BCUT2D eigenvalue weighted by molar-refractivity contribution is 7.08. The summed E-state index contributed by atoms with van der Waals surface area (Å²) < 4.78 is 5.55. The van der Waals surface area contributed by atoms with Crippen molar-refractivity contribution < 1.29 is 14.1 Å². The molecule has 1 aromatic carbocycles. The SMILES string of the molecule is O=C(CCc1nnc(-c2ccsc2)o1)Nc1ccc2cc([N+](=O)[O-])ccc2n1. The lowest BCUT2D eigenvalue weighted by atomic mass is 10.2. The molecular formula is C18H13N5O4S. The number of nitro benzene ring substituents is 1. The molecule has 4 rings (SSSR count). The maximum Gasteiger partial charge on any atom is 0.270 e. The zero-order valence-corrected chi connectivity index (χ0v) is 15.2. The van der Waals surface area contributed by atoms with E-state index in [1.807, 2.05) is 16.8 Å². The minimum absolute atomic E-state index is 0.00698. The van der Waals surface area contributed by atoms with Crippen LogP contribution in [-0.4, -0.2) is 26.0 Å². The molecule has 4 aromatic rings. The van der Waals surface area contributed by atoms with Gasteiger partial charge in [0.25, 0.3) is 5.69 Å². The fourth-order valence-corrected chi connectivity index (χ4v) is 3.21. The average molecular weight is 395 g/mol. The molecule has 0 bridgehead atoms. The molecule has 0 fully saturated rings. The molecule has 10 heteroatoms. The first-order chi connectivity index (χ1) is 13.6. The van der Waals surface area contributed by atoms with E-state index in [0.29, 0.717) is 34.9 Å². The number of non-ortho nitro benzene ring substituents is 1. The first-order valence-electron chi connectivity index (χ1n) is 8.28. The molecule has 0 aliphatic carbocycles. The van der Waals surface area contributed by atoms with Gasteiger partial charge in [-0.2, -0.15) is 11.3 Å².